The molecule has 0 aliphatic carbocycles. The van der Waals surface area contributed by atoms with Gasteiger partial charge in [0, 0.05) is 44.4 Å². The smallest absolute Gasteiger partial charge is 0.401 e. The summed E-state index contributed by atoms with van der Waals surface area (Å²) in [6, 6.07) is 4.35. The molecule has 0 spiro atoms. The maximum Gasteiger partial charge on any atom is 0.401 e. The van der Waals surface area contributed by atoms with Gasteiger partial charge in [0.05, 0.1) is 13.7 Å². The lowest BCUT2D eigenvalue weighted by Gasteiger charge is -2.20. The van der Waals surface area contributed by atoms with Crippen LogP contribution >= 0.6 is 0 Å². The molecular weight excluding hydrogens is 387 g/mol. The highest BCUT2D eigenvalue weighted by atomic mass is 19.4. The standard InChI is InChI=1S/C17H23F5N4O2/c1-23-16(25-12-5-6-26(9-12)10-17(20,21)22)24-8-11-3-4-13(27-2)7-14(11)28-15(18)19/h3-4,7,12,15H,5-6,8-10H2,1-2H3,(H2,23,24,25). The number of hydrogen-bond acceptors (Lipinski definition) is 4. The second-order valence-electron chi connectivity index (χ2n) is 6.26. The number of alkyl halides is 5. The van der Waals surface area contributed by atoms with E-state index in [9.17, 15) is 22.0 Å². The van der Waals surface area contributed by atoms with Gasteiger partial charge in [-0.2, -0.15) is 22.0 Å². The Bertz CT molecular complexity index is 669. The van der Waals surface area contributed by atoms with Crippen LogP contribution < -0.4 is 20.1 Å². The van der Waals surface area contributed by atoms with E-state index in [-0.39, 0.29) is 24.9 Å². The van der Waals surface area contributed by atoms with Crippen LogP contribution in [0.25, 0.3) is 0 Å². The Kier molecular flexibility index (Phi) is 7.67. The second kappa shape index (κ2) is 9.76. The lowest BCUT2D eigenvalue weighted by molar-refractivity contribution is -0.143. The van der Waals surface area contributed by atoms with Gasteiger partial charge in [0.2, 0.25) is 0 Å². The van der Waals surface area contributed by atoms with Crippen LogP contribution in [0.1, 0.15) is 12.0 Å². The van der Waals surface area contributed by atoms with Crippen molar-refractivity contribution in [1.82, 2.24) is 15.5 Å². The first-order chi connectivity index (χ1) is 13.2. The van der Waals surface area contributed by atoms with Gasteiger partial charge in [-0.15, -0.1) is 0 Å². The lowest BCUT2D eigenvalue weighted by Crippen LogP contribution is -2.44. The summed E-state index contributed by atoms with van der Waals surface area (Å²) in [6.07, 6.45) is -3.69. The van der Waals surface area contributed by atoms with Crippen LogP contribution in [0, 0.1) is 0 Å². The minimum Gasteiger partial charge on any atom is -0.497 e. The van der Waals surface area contributed by atoms with E-state index in [0.29, 0.717) is 30.2 Å². The third kappa shape index (κ3) is 7.02. The number of ether oxygens (including phenoxy) is 2. The predicted octanol–water partition coefficient (Wildman–Crippen LogP) is 2.60. The van der Waals surface area contributed by atoms with Gasteiger partial charge in [0.15, 0.2) is 5.96 Å². The molecule has 0 bridgehead atoms. The first-order valence-corrected chi connectivity index (χ1v) is 8.58. The monoisotopic (exact) mass is 410 g/mol. The molecule has 158 valence electrons. The van der Waals surface area contributed by atoms with Crippen molar-refractivity contribution >= 4 is 5.96 Å². The number of benzene rings is 1. The zero-order valence-electron chi connectivity index (χ0n) is 15.5. The Morgan fingerprint density at radius 3 is 2.71 bits per heavy atom. The third-order valence-corrected chi connectivity index (χ3v) is 4.18. The van der Waals surface area contributed by atoms with Crippen molar-refractivity contribution in [3.05, 3.63) is 23.8 Å². The van der Waals surface area contributed by atoms with E-state index in [4.69, 9.17) is 4.74 Å². The minimum absolute atomic E-state index is 0.0329. The molecule has 1 aliphatic heterocycles. The van der Waals surface area contributed by atoms with Gasteiger partial charge in [0.25, 0.3) is 0 Å². The summed E-state index contributed by atoms with van der Waals surface area (Å²) in [5.74, 6) is 0.699. The number of guanidine groups is 1. The predicted molar refractivity (Wildman–Crippen MR) is 93.9 cm³/mol. The summed E-state index contributed by atoms with van der Waals surface area (Å²) in [5, 5.41) is 6.01. The summed E-state index contributed by atoms with van der Waals surface area (Å²) >= 11 is 0. The SMILES string of the molecule is CN=C(NCc1ccc(OC)cc1OC(F)F)NC1CCN(CC(F)(F)F)C1. The molecular formula is C17H23F5N4O2. The molecule has 28 heavy (non-hydrogen) atoms. The zero-order chi connectivity index (χ0) is 20.7. The van der Waals surface area contributed by atoms with Crippen molar-refractivity contribution in [2.24, 2.45) is 4.99 Å². The molecule has 0 amide bonds. The molecule has 6 nitrogen and oxygen atoms in total. The normalized spacial score (nSPS) is 18.4. The molecule has 2 N–H and O–H groups in total. The van der Waals surface area contributed by atoms with Crippen molar-refractivity contribution in [3.63, 3.8) is 0 Å². The fraction of sp³-hybridized carbons (Fsp3) is 0.588. The second-order valence-corrected chi connectivity index (χ2v) is 6.26. The van der Waals surface area contributed by atoms with Gasteiger partial charge in [-0.3, -0.25) is 9.89 Å². The van der Waals surface area contributed by atoms with E-state index in [1.807, 2.05) is 0 Å². The Hall–Kier alpha value is -2.30. The van der Waals surface area contributed by atoms with E-state index < -0.39 is 19.3 Å². The minimum atomic E-state index is -4.23. The maximum absolute atomic E-state index is 12.6. The highest BCUT2D eigenvalue weighted by Gasteiger charge is 2.34. The molecule has 1 aromatic carbocycles. The van der Waals surface area contributed by atoms with E-state index in [1.165, 1.54) is 25.1 Å². The molecule has 1 fully saturated rings. The molecule has 1 heterocycles. The fourth-order valence-corrected chi connectivity index (χ4v) is 2.93. The van der Waals surface area contributed by atoms with E-state index >= 15 is 0 Å². The number of halogens is 5. The largest absolute Gasteiger partial charge is 0.497 e. The molecule has 1 saturated heterocycles. The van der Waals surface area contributed by atoms with Gasteiger partial charge in [0.1, 0.15) is 11.5 Å². The molecule has 0 saturated carbocycles. The van der Waals surface area contributed by atoms with Crippen molar-refractivity contribution in [2.45, 2.75) is 31.8 Å². The van der Waals surface area contributed by atoms with Crippen LogP contribution in [0.15, 0.2) is 23.2 Å². The summed E-state index contributed by atoms with van der Waals surface area (Å²) < 4.78 is 72.2. The molecule has 1 aromatic rings. The van der Waals surface area contributed by atoms with Crippen molar-refractivity contribution in [1.29, 1.82) is 0 Å². The molecule has 1 aliphatic rings. The summed E-state index contributed by atoms with van der Waals surface area (Å²) in [6.45, 7) is -3.23. The average molecular weight is 410 g/mol. The molecule has 0 aromatic heterocycles. The van der Waals surface area contributed by atoms with Crippen LogP contribution in [-0.4, -0.2) is 63.5 Å². The lowest BCUT2D eigenvalue weighted by atomic mass is 10.2. The summed E-state index contributed by atoms with van der Waals surface area (Å²) in [7, 11) is 2.93. The Morgan fingerprint density at radius 2 is 2.11 bits per heavy atom. The van der Waals surface area contributed by atoms with Gasteiger partial charge >= 0.3 is 12.8 Å². The number of methoxy groups -OCH3 is 1. The first kappa shape index (κ1) is 22.0. The third-order valence-electron chi connectivity index (χ3n) is 4.18. The fourth-order valence-electron chi connectivity index (χ4n) is 2.93. The van der Waals surface area contributed by atoms with Crippen molar-refractivity contribution in [2.75, 3.05) is 33.8 Å². The quantitative estimate of drug-likeness (QED) is 0.411. The van der Waals surface area contributed by atoms with E-state index in [0.717, 1.165) is 0 Å². The highest BCUT2D eigenvalue weighted by Crippen LogP contribution is 2.26. The molecule has 1 atom stereocenters. The van der Waals surface area contributed by atoms with Gasteiger partial charge < -0.3 is 20.1 Å². The number of hydrogen-bond donors (Lipinski definition) is 2. The maximum atomic E-state index is 12.6. The topological polar surface area (TPSA) is 58.1 Å². The van der Waals surface area contributed by atoms with Crippen LogP contribution in [0.2, 0.25) is 0 Å². The molecule has 1 unspecified atom stereocenters. The van der Waals surface area contributed by atoms with Crippen molar-refractivity contribution < 1.29 is 31.4 Å². The number of likely N-dealkylation sites (tertiary alicyclic amines) is 1. The Labute approximate surface area is 159 Å². The van der Waals surface area contributed by atoms with Crippen LogP contribution in [0.3, 0.4) is 0 Å². The molecule has 0 radical (unpaired) electrons. The molecule has 11 heteroatoms. The van der Waals surface area contributed by atoms with Gasteiger partial charge in [-0.05, 0) is 18.6 Å². The van der Waals surface area contributed by atoms with E-state index in [2.05, 4.69) is 20.4 Å². The number of nitrogens with zero attached hydrogens (tertiary/aromatic N) is 2. The highest BCUT2D eigenvalue weighted by molar-refractivity contribution is 5.80. The number of nitrogens with one attached hydrogen (secondary N) is 2. The van der Waals surface area contributed by atoms with Crippen LogP contribution in [0.5, 0.6) is 11.5 Å². The van der Waals surface area contributed by atoms with Crippen LogP contribution in [0.4, 0.5) is 22.0 Å². The Morgan fingerprint density at radius 1 is 1.36 bits per heavy atom. The first-order valence-electron chi connectivity index (χ1n) is 8.58. The van der Waals surface area contributed by atoms with Crippen molar-refractivity contribution in [3.8, 4) is 11.5 Å². The summed E-state index contributed by atoms with van der Waals surface area (Å²) in [4.78, 5) is 5.35. The van der Waals surface area contributed by atoms with E-state index in [1.54, 1.807) is 12.1 Å². The van der Waals surface area contributed by atoms with Crippen LogP contribution in [-0.2, 0) is 6.54 Å². The molecule has 2 rings (SSSR count). The zero-order valence-corrected chi connectivity index (χ0v) is 15.5. The number of aliphatic imine (C=N–C) groups is 1. The Balaban J connectivity index is 1.92. The van der Waals surface area contributed by atoms with Gasteiger partial charge in [-0.25, -0.2) is 0 Å². The average Bonchev–Trinajstić information content (AvgIpc) is 3.03. The summed E-state index contributed by atoms with van der Waals surface area (Å²) in [5.41, 5.74) is 0.453. The van der Waals surface area contributed by atoms with Gasteiger partial charge in [-0.1, -0.05) is 0 Å². The number of rotatable bonds is 7.